The van der Waals surface area contributed by atoms with Gasteiger partial charge in [-0.2, -0.15) is 0 Å². The van der Waals surface area contributed by atoms with Gasteiger partial charge >= 0.3 is 0 Å². The second kappa shape index (κ2) is 9.50. The molecule has 0 saturated heterocycles. The van der Waals surface area contributed by atoms with Crippen LogP contribution in [0.5, 0.6) is 23.0 Å². The quantitative estimate of drug-likeness (QED) is 0.748. The third-order valence-corrected chi connectivity index (χ3v) is 4.01. The third kappa shape index (κ3) is 4.85. The largest absolute Gasteiger partial charge is 0.497 e. The van der Waals surface area contributed by atoms with Crippen molar-refractivity contribution in [1.29, 1.82) is 0 Å². The van der Waals surface area contributed by atoms with Gasteiger partial charge in [0.05, 0.1) is 28.4 Å². The molecule has 28 heavy (non-hydrogen) atoms. The molecule has 0 fully saturated rings. The molecule has 0 aromatic heterocycles. The number of anilines is 2. The van der Waals surface area contributed by atoms with E-state index in [1.54, 1.807) is 43.5 Å². The highest BCUT2D eigenvalue weighted by Gasteiger charge is 2.18. The highest BCUT2D eigenvalue weighted by molar-refractivity contribution is 6.02. The van der Waals surface area contributed by atoms with Gasteiger partial charge in [-0.25, -0.2) is 0 Å². The van der Waals surface area contributed by atoms with Gasteiger partial charge in [-0.3, -0.25) is 9.59 Å². The van der Waals surface area contributed by atoms with Crippen molar-refractivity contribution in [3.63, 3.8) is 0 Å². The Morgan fingerprint density at radius 3 is 1.89 bits per heavy atom. The number of ether oxygens (including phenoxy) is 4. The number of methoxy groups -OCH3 is 4. The maximum Gasteiger partial charge on any atom is 0.244 e. The maximum atomic E-state index is 12.5. The van der Waals surface area contributed by atoms with Crippen LogP contribution in [-0.4, -0.2) is 46.8 Å². The van der Waals surface area contributed by atoms with Crippen LogP contribution >= 0.6 is 0 Å². The van der Waals surface area contributed by atoms with Crippen LogP contribution in [0.15, 0.2) is 36.4 Å². The Morgan fingerprint density at radius 1 is 0.893 bits per heavy atom. The van der Waals surface area contributed by atoms with Gasteiger partial charge in [0.15, 0.2) is 11.5 Å². The molecule has 0 spiro atoms. The van der Waals surface area contributed by atoms with Crippen molar-refractivity contribution in [2.75, 3.05) is 45.2 Å². The van der Waals surface area contributed by atoms with Crippen molar-refractivity contribution >= 4 is 23.2 Å². The lowest BCUT2D eigenvalue weighted by molar-refractivity contribution is -0.120. The molecular formula is C20H24N2O6. The van der Waals surface area contributed by atoms with E-state index in [9.17, 15) is 9.59 Å². The number of amides is 2. The Labute approximate surface area is 163 Å². The van der Waals surface area contributed by atoms with Crippen molar-refractivity contribution in [3.8, 4) is 23.0 Å². The van der Waals surface area contributed by atoms with Gasteiger partial charge in [-0.05, 0) is 24.3 Å². The SMILES string of the molecule is COc1ccc(N(CC(=O)Nc2cc(OC)c(OC)c(OC)c2)C(C)=O)cc1. The number of benzene rings is 2. The number of hydrogen-bond donors (Lipinski definition) is 1. The van der Waals surface area contributed by atoms with E-state index in [4.69, 9.17) is 18.9 Å². The van der Waals surface area contributed by atoms with Crippen LogP contribution in [0.25, 0.3) is 0 Å². The molecule has 1 N–H and O–H groups in total. The van der Waals surface area contributed by atoms with Gasteiger partial charge < -0.3 is 29.2 Å². The predicted molar refractivity (Wildman–Crippen MR) is 106 cm³/mol. The molecule has 150 valence electrons. The highest BCUT2D eigenvalue weighted by Crippen LogP contribution is 2.39. The lowest BCUT2D eigenvalue weighted by Gasteiger charge is -2.21. The molecule has 0 atom stereocenters. The van der Waals surface area contributed by atoms with Crippen molar-refractivity contribution in [2.45, 2.75) is 6.92 Å². The van der Waals surface area contributed by atoms with Gasteiger partial charge in [-0.1, -0.05) is 0 Å². The molecule has 2 aromatic carbocycles. The first-order valence-electron chi connectivity index (χ1n) is 8.45. The molecule has 2 amide bonds. The first-order valence-corrected chi connectivity index (χ1v) is 8.45. The van der Waals surface area contributed by atoms with E-state index in [2.05, 4.69) is 5.32 Å². The van der Waals surface area contributed by atoms with Crippen LogP contribution < -0.4 is 29.2 Å². The first kappa shape index (κ1) is 20.9. The summed E-state index contributed by atoms with van der Waals surface area (Å²) >= 11 is 0. The fourth-order valence-corrected chi connectivity index (χ4v) is 2.64. The minimum absolute atomic E-state index is 0.154. The van der Waals surface area contributed by atoms with Crippen molar-refractivity contribution in [3.05, 3.63) is 36.4 Å². The van der Waals surface area contributed by atoms with Crippen molar-refractivity contribution in [1.82, 2.24) is 0 Å². The van der Waals surface area contributed by atoms with Crippen molar-refractivity contribution < 1.29 is 28.5 Å². The summed E-state index contributed by atoms with van der Waals surface area (Å²) in [7, 11) is 6.04. The number of nitrogens with one attached hydrogen (secondary N) is 1. The normalized spacial score (nSPS) is 10.0. The summed E-state index contributed by atoms with van der Waals surface area (Å²) in [5.74, 6) is 1.28. The average Bonchev–Trinajstić information content (AvgIpc) is 2.71. The Morgan fingerprint density at radius 2 is 1.46 bits per heavy atom. The Balaban J connectivity index is 2.19. The summed E-state index contributed by atoms with van der Waals surface area (Å²) < 4.78 is 20.9. The summed E-state index contributed by atoms with van der Waals surface area (Å²) in [5.41, 5.74) is 1.05. The Kier molecular flexibility index (Phi) is 7.08. The van der Waals surface area contributed by atoms with E-state index >= 15 is 0 Å². The summed E-state index contributed by atoms with van der Waals surface area (Å²) in [4.78, 5) is 25.9. The lowest BCUT2D eigenvalue weighted by atomic mass is 10.2. The van der Waals surface area contributed by atoms with Crippen molar-refractivity contribution in [2.24, 2.45) is 0 Å². The summed E-state index contributed by atoms with van der Waals surface area (Å²) in [5, 5.41) is 2.75. The average molecular weight is 388 g/mol. The van der Waals surface area contributed by atoms with Gasteiger partial charge in [0, 0.05) is 30.4 Å². The smallest absolute Gasteiger partial charge is 0.244 e. The zero-order chi connectivity index (χ0) is 20.7. The zero-order valence-corrected chi connectivity index (χ0v) is 16.6. The van der Waals surface area contributed by atoms with Crippen LogP contribution in [0.2, 0.25) is 0 Å². The second-order valence-corrected chi connectivity index (χ2v) is 5.77. The topological polar surface area (TPSA) is 86.3 Å². The molecule has 8 heteroatoms. The molecule has 2 aromatic rings. The molecule has 0 heterocycles. The molecule has 0 aliphatic rings. The fourth-order valence-electron chi connectivity index (χ4n) is 2.64. The van der Waals surface area contributed by atoms with E-state index < -0.39 is 0 Å². The first-order chi connectivity index (χ1) is 13.4. The number of carbonyl (C=O) groups is 2. The third-order valence-electron chi connectivity index (χ3n) is 4.01. The van der Waals surface area contributed by atoms with Crippen LogP contribution in [0.3, 0.4) is 0 Å². The summed E-state index contributed by atoms with van der Waals surface area (Å²) in [6.45, 7) is 1.25. The Bertz CT molecular complexity index is 810. The highest BCUT2D eigenvalue weighted by atomic mass is 16.5. The maximum absolute atomic E-state index is 12.5. The van der Waals surface area contributed by atoms with Crippen LogP contribution in [-0.2, 0) is 9.59 Å². The number of rotatable bonds is 8. The summed E-state index contributed by atoms with van der Waals surface area (Å²) in [6.07, 6.45) is 0. The molecule has 0 aliphatic carbocycles. The predicted octanol–water partition coefficient (Wildman–Crippen LogP) is 2.71. The van der Waals surface area contributed by atoms with Gasteiger partial charge in [0.2, 0.25) is 17.6 Å². The lowest BCUT2D eigenvalue weighted by Crippen LogP contribution is -2.36. The van der Waals surface area contributed by atoms with E-state index in [1.165, 1.54) is 33.2 Å². The van der Waals surface area contributed by atoms with E-state index in [0.717, 1.165) is 0 Å². The van der Waals surface area contributed by atoms with Gasteiger partial charge in [0.1, 0.15) is 12.3 Å². The van der Waals surface area contributed by atoms with Crippen LogP contribution in [0, 0.1) is 0 Å². The Hall–Kier alpha value is -3.42. The molecular weight excluding hydrogens is 364 g/mol. The zero-order valence-electron chi connectivity index (χ0n) is 16.6. The monoisotopic (exact) mass is 388 g/mol. The van der Waals surface area contributed by atoms with Crippen LogP contribution in [0.4, 0.5) is 11.4 Å². The molecule has 0 radical (unpaired) electrons. The van der Waals surface area contributed by atoms with Gasteiger partial charge in [-0.15, -0.1) is 0 Å². The summed E-state index contributed by atoms with van der Waals surface area (Å²) in [6, 6.07) is 10.1. The number of nitrogens with zero attached hydrogens (tertiary/aromatic N) is 1. The van der Waals surface area contributed by atoms with E-state index in [0.29, 0.717) is 34.4 Å². The van der Waals surface area contributed by atoms with Crippen LogP contribution in [0.1, 0.15) is 6.92 Å². The molecule has 0 aliphatic heterocycles. The van der Waals surface area contributed by atoms with E-state index in [-0.39, 0.29) is 18.4 Å². The van der Waals surface area contributed by atoms with Gasteiger partial charge in [0.25, 0.3) is 0 Å². The van der Waals surface area contributed by atoms with E-state index in [1.807, 2.05) is 0 Å². The molecule has 8 nitrogen and oxygen atoms in total. The minimum Gasteiger partial charge on any atom is -0.497 e. The molecule has 0 unspecified atom stereocenters. The minimum atomic E-state index is -0.375. The fraction of sp³-hybridized carbons (Fsp3) is 0.300. The standard InChI is InChI=1S/C20H24N2O6/c1-13(23)22(15-6-8-16(25-2)9-7-15)12-19(24)21-14-10-17(26-3)20(28-5)18(11-14)27-4/h6-11H,12H2,1-5H3,(H,21,24). The number of hydrogen-bond acceptors (Lipinski definition) is 6. The second-order valence-electron chi connectivity index (χ2n) is 5.77. The number of carbonyl (C=O) groups excluding carboxylic acids is 2. The molecule has 2 rings (SSSR count). The molecule has 0 saturated carbocycles. The molecule has 0 bridgehead atoms.